The van der Waals surface area contributed by atoms with Crippen molar-refractivity contribution in [2.24, 2.45) is 0 Å². The van der Waals surface area contributed by atoms with Crippen LogP contribution in [-0.2, 0) is 19.7 Å². The molecule has 27 heteroatoms. The second-order valence-corrected chi connectivity index (χ2v) is 26.8. The Morgan fingerprint density at radius 3 is 1.45 bits per heavy atom. The number of aromatic nitrogens is 4. The second-order valence-electron chi connectivity index (χ2n) is 20.7. The molecule has 452 valence electrons. The van der Waals surface area contributed by atoms with E-state index in [2.05, 4.69) is 88.4 Å². The number of anilines is 9. The van der Waals surface area contributed by atoms with Crippen LogP contribution in [0.15, 0.2) is 95.0 Å². The topological polar surface area (TPSA) is 213 Å². The first-order valence-corrected chi connectivity index (χ1v) is 30.7. The van der Waals surface area contributed by atoms with E-state index in [1.165, 1.54) is 24.5 Å². The summed E-state index contributed by atoms with van der Waals surface area (Å²) in [6.45, 7) is 7.82. The van der Waals surface area contributed by atoms with Gasteiger partial charge in [0.2, 0.25) is 11.2 Å². The number of aryl methyl sites for hydroxylation is 2. The highest BCUT2D eigenvalue weighted by Crippen LogP contribution is 2.39. The van der Waals surface area contributed by atoms with Crippen molar-refractivity contribution in [3.8, 4) is 11.5 Å². The van der Waals surface area contributed by atoms with E-state index in [-0.39, 0.29) is 65.6 Å². The fourth-order valence-electron chi connectivity index (χ4n) is 9.26. The molecule has 5 N–H and O–H groups in total. The lowest BCUT2D eigenvalue weighted by Gasteiger charge is -2.37. The van der Waals surface area contributed by atoms with E-state index in [1.54, 1.807) is 88.4 Å². The number of benzene rings is 4. The van der Waals surface area contributed by atoms with E-state index < -0.39 is 43.4 Å². The van der Waals surface area contributed by atoms with Gasteiger partial charge in [0.1, 0.15) is 10.0 Å². The summed E-state index contributed by atoms with van der Waals surface area (Å²) in [5.41, 5.74) is 10.6. The first-order valence-electron chi connectivity index (χ1n) is 26.5. The largest absolute Gasteiger partial charge is 0.433 e. The van der Waals surface area contributed by atoms with E-state index in [4.69, 9.17) is 45.3 Å². The Hall–Kier alpha value is -6.15. The summed E-state index contributed by atoms with van der Waals surface area (Å²) in [4.78, 5) is 25.4. The van der Waals surface area contributed by atoms with Gasteiger partial charge in [0.05, 0.1) is 55.4 Å². The Labute approximate surface area is 498 Å². The maximum Gasteiger partial charge on any atom is 0.387 e. The van der Waals surface area contributed by atoms with Gasteiger partial charge in [-0.2, -0.15) is 27.5 Å². The molecule has 0 saturated carbocycles. The lowest BCUT2D eigenvalue weighted by Crippen LogP contribution is -2.42. The molecule has 6 aromatic rings. The van der Waals surface area contributed by atoms with E-state index in [0.29, 0.717) is 23.5 Å². The Morgan fingerprint density at radius 1 is 0.590 bits per heavy atom. The van der Waals surface area contributed by atoms with Gasteiger partial charge in [-0.3, -0.25) is 0 Å². The van der Waals surface area contributed by atoms with Gasteiger partial charge in [-0.25, -0.2) is 26.8 Å². The average molecular weight is 1250 g/mol. The number of sulfone groups is 2. The molecule has 0 bridgehead atoms. The molecule has 18 nitrogen and oxygen atoms in total. The SMILES string of the molecule is CC(C)S(=O)(=O)c1ccccc1Nc1nc(Cl)ncc1Cl.Cc1cc(N)c(OC(F)F)cc1N1CCC(N(C)C)CC1.Cc1cc(Nc2ncc(Cl)c(Nc3ccccc3S(=O)(=O)C(C)C)n2)c(OC(F)F)cc1N1CCC(N(C)C)CC1. The number of para-hydroxylation sites is 2. The molecule has 2 aromatic heterocycles. The predicted octanol–water partition coefficient (Wildman–Crippen LogP) is 12.7. The van der Waals surface area contributed by atoms with Crippen LogP contribution in [0.5, 0.6) is 11.5 Å². The summed E-state index contributed by atoms with van der Waals surface area (Å²) in [5.74, 6) is 0.461. The first kappa shape index (κ1) is 66.0. The van der Waals surface area contributed by atoms with Crippen LogP contribution >= 0.6 is 34.8 Å². The number of nitrogen functional groups attached to an aromatic ring is 1. The van der Waals surface area contributed by atoms with Crippen LogP contribution in [0.4, 0.5) is 69.3 Å². The van der Waals surface area contributed by atoms with Gasteiger partial charge in [0, 0.05) is 61.8 Å². The molecule has 0 atom stereocenters. The molecule has 0 unspecified atom stereocenters. The van der Waals surface area contributed by atoms with Crippen LogP contribution < -0.4 is 41.0 Å². The van der Waals surface area contributed by atoms with Crippen molar-refractivity contribution in [3.05, 3.63) is 112 Å². The second kappa shape index (κ2) is 29.1. The van der Waals surface area contributed by atoms with E-state index in [0.717, 1.165) is 74.4 Å². The van der Waals surface area contributed by atoms with Gasteiger partial charge in [-0.05, 0) is 155 Å². The lowest BCUT2D eigenvalue weighted by molar-refractivity contribution is -0.0499. The van der Waals surface area contributed by atoms with E-state index in [1.807, 2.05) is 13.8 Å². The zero-order valence-corrected chi connectivity index (χ0v) is 51.7. The Balaban J connectivity index is 0.000000221. The third-order valence-corrected chi connectivity index (χ3v) is 19.1. The fraction of sp³-hybridized carbons (Fsp3) is 0.429. The molecule has 2 saturated heterocycles. The van der Waals surface area contributed by atoms with Crippen LogP contribution in [0.2, 0.25) is 15.3 Å². The van der Waals surface area contributed by atoms with Crippen LogP contribution in [-0.4, -0.2) is 137 Å². The standard InChI is InChI=1S/C28H35ClF2N6O3S.C15H23F2N3O.C13H13Cl2N3O2S/c1-17(2)41(38,39)25-9-7-6-8-21(25)33-26-20(29)16-32-28(35-26)34-22-14-18(3)23(15-24(22)40-27(30)31)37-12-10-19(11-13-37)36(4)5;1-10-8-12(18)14(21-15(16)17)9-13(10)20-6-4-11(5-7-20)19(2)3;1-8(2)21(19,20)11-6-4-3-5-10(11)17-12-9(14)7-16-13(15)18-12/h6-9,14-17,19,27H,10-13H2,1-5H3,(H2,32,33,34,35);8-9,11,15H,4-7,18H2,1-3H3;3-8H,1-2H3,(H,16,17,18). The van der Waals surface area contributed by atoms with Crippen LogP contribution in [0, 0.1) is 13.8 Å². The molecule has 2 aliphatic rings. The predicted molar refractivity (Wildman–Crippen MR) is 324 cm³/mol. The molecule has 0 aliphatic carbocycles. The van der Waals surface area contributed by atoms with Crippen molar-refractivity contribution in [3.63, 3.8) is 0 Å². The molecular weight excluding hydrogens is 1180 g/mol. The number of piperidine rings is 2. The fourth-order valence-corrected chi connectivity index (χ4v) is 12.1. The molecule has 4 heterocycles. The minimum absolute atomic E-state index is 0.0195. The van der Waals surface area contributed by atoms with Crippen molar-refractivity contribution in [2.45, 2.75) is 113 Å². The number of nitrogens with two attached hydrogens (primary N) is 1. The normalized spacial score (nSPS) is 14.4. The molecule has 0 radical (unpaired) electrons. The summed E-state index contributed by atoms with van der Waals surface area (Å²) >= 11 is 18.0. The quantitative estimate of drug-likeness (QED) is 0.0358. The third-order valence-electron chi connectivity index (χ3n) is 14.0. The summed E-state index contributed by atoms with van der Waals surface area (Å²) < 4.78 is 112. The van der Waals surface area contributed by atoms with Gasteiger partial charge in [0.25, 0.3) is 0 Å². The molecule has 2 fully saturated rings. The summed E-state index contributed by atoms with van der Waals surface area (Å²) in [6.07, 6.45) is 6.73. The molecule has 0 amide bonds. The van der Waals surface area contributed by atoms with Crippen molar-refractivity contribution in [1.82, 2.24) is 29.7 Å². The molecule has 0 spiro atoms. The van der Waals surface area contributed by atoms with Gasteiger partial charge in [-0.1, -0.05) is 47.5 Å². The van der Waals surface area contributed by atoms with Crippen molar-refractivity contribution >= 4 is 106 Å². The number of alkyl halides is 4. The first-order chi connectivity index (χ1) is 39.1. The highest BCUT2D eigenvalue weighted by molar-refractivity contribution is 7.92. The highest BCUT2D eigenvalue weighted by Gasteiger charge is 2.28. The molecular formula is C56H71Cl3F4N12O6S2. The molecule has 83 heavy (non-hydrogen) atoms. The van der Waals surface area contributed by atoms with Crippen molar-refractivity contribution in [2.75, 3.05) is 85.9 Å². The number of halogens is 7. The van der Waals surface area contributed by atoms with Gasteiger partial charge >= 0.3 is 13.2 Å². The maximum absolute atomic E-state index is 13.4. The number of nitrogens with one attached hydrogen (secondary N) is 3. The Morgan fingerprint density at radius 2 is 1.00 bits per heavy atom. The smallest absolute Gasteiger partial charge is 0.387 e. The van der Waals surface area contributed by atoms with Gasteiger partial charge in [0.15, 0.2) is 42.8 Å². The summed E-state index contributed by atoms with van der Waals surface area (Å²) in [7, 11) is 1.26. The number of rotatable bonds is 18. The lowest BCUT2D eigenvalue weighted by atomic mass is 10.0. The van der Waals surface area contributed by atoms with E-state index in [9.17, 15) is 34.4 Å². The monoisotopic (exact) mass is 1250 g/mol. The number of hydrogen-bond donors (Lipinski definition) is 4. The zero-order chi connectivity index (χ0) is 61.1. The van der Waals surface area contributed by atoms with Crippen LogP contribution in [0.25, 0.3) is 0 Å². The number of nitrogens with zero attached hydrogens (tertiary/aromatic N) is 8. The Kier molecular flexibility index (Phi) is 23.1. The minimum atomic E-state index is -3.60. The molecule has 4 aromatic carbocycles. The third kappa shape index (κ3) is 17.5. The molecule has 2 aliphatic heterocycles. The summed E-state index contributed by atoms with van der Waals surface area (Å²) in [5, 5.41) is 8.08. The number of ether oxygens (including phenoxy) is 2. The average Bonchev–Trinajstić information content (AvgIpc) is 3.52. The van der Waals surface area contributed by atoms with Gasteiger partial charge < -0.3 is 50.8 Å². The zero-order valence-electron chi connectivity index (χ0n) is 47.8. The minimum Gasteiger partial charge on any atom is -0.433 e. The van der Waals surface area contributed by atoms with Crippen LogP contribution in [0.3, 0.4) is 0 Å². The van der Waals surface area contributed by atoms with Crippen LogP contribution in [0.1, 0.15) is 64.5 Å². The number of hydrogen-bond acceptors (Lipinski definition) is 18. The summed E-state index contributed by atoms with van der Waals surface area (Å²) in [6, 6.07) is 20.7. The van der Waals surface area contributed by atoms with Crippen molar-refractivity contribution < 1.29 is 43.9 Å². The maximum atomic E-state index is 13.4. The highest BCUT2D eigenvalue weighted by atomic mass is 35.5. The van der Waals surface area contributed by atoms with E-state index >= 15 is 0 Å². The Bertz CT molecular complexity index is 3390. The molecule has 8 rings (SSSR count). The van der Waals surface area contributed by atoms with Crippen molar-refractivity contribution in [1.29, 1.82) is 0 Å². The van der Waals surface area contributed by atoms with Gasteiger partial charge in [-0.15, -0.1) is 0 Å².